The zero-order valence-corrected chi connectivity index (χ0v) is 22.7. The van der Waals surface area contributed by atoms with E-state index in [0.717, 1.165) is 5.56 Å². The maximum Gasteiger partial charge on any atom is 0.403 e. The fraction of sp³-hybridized carbons (Fsp3) is 0.250. The van der Waals surface area contributed by atoms with E-state index in [2.05, 4.69) is 11.3 Å². The molecular formula is C28H30F2O5S2. The fourth-order valence-electron chi connectivity index (χ4n) is 3.60. The van der Waals surface area contributed by atoms with Crippen LogP contribution in [0, 0.1) is 0 Å². The van der Waals surface area contributed by atoms with Crippen molar-refractivity contribution >= 4 is 26.4 Å². The summed E-state index contributed by atoms with van der Waals surface area (Å²) in [6.07, 6.45) is 0. The van der Waals surface area contributed by atoms with Crippen molar-refractivity contribution in [3.8, 4) is 0 Å². The van der Waals surface area contributed by atoms with Gasteiger partial charge in [0.05, 0.1) is 0 Å². The lowest BCUT2D eigenvalue weighted by Gasteiger charge is -2.42. The number of ether oxygens (including phenoxy) is 1. The highest BCUT2D eigenvalue weighted by Gasteiger charge is 2.53. The molecule has 0 atom stereocenters. The van der Waals surface area contributed by atoms with Gasteiger partial charge in [0.15, 0.2) is 6.61 Å². The summed E-state index contributed by atoms with van der Waals surface area (Å²) in [5.74, 6) is -1.13. The number of carbonyl (C=O) groups is 1. The normalized spacial score (nSPS) is 13.1. The van der Waals surface area contributed by atoms with Crippen LogP contribution in [0.1, 0.15) is 33.3 Å². The van der Waals surface area contributed by atoms with Crippen molar-refractivity contribution in [2.75, 3.05) is 6.61 Å². The van der Waals surface area contributed by atoms with Crippen molar-refractivity contribution < 1.29 is 30.4 Å². The van der Waals surface area contributed by atoms with Crippen LogP contribution in [0.4, 0.5) is 8.78 Å². The fourth-order valence-corrected chi connectivity index (χ4v) is 9.01. The van der Waals surface area contributed by atoms with Crippen LogP contribution in [0.25, 0.3) is 0 Å². The van der Waals surface area contributed by atoms with E-state index in [1.807, 2.05) is 32.9 Å². The van der Waals surface area contributed by atoms with Gasteiger partial charge in [0.1, 0.15) is 0 Å². The predicted molar refractivity (Wildman–Crippen MR) is 141 cm³/mol. The molecule has 0 aliphatic rings. The van der Waals surface area contributed by atoms with Crippen LogP contribution in [0.15, 0.2) is 112 Å². The standard InChI is InChI=1S/C28H30F2O5S2/c1-21(2)26(31)34-20-28(29,30)37(32,33)35-36(22-14-8-6-9-15-22,23-16-10-7-11-17-23)25-19-13-12-18-24(25)27(3,4)5/h6-19H,1,20H2,2-5H3. The average molecular weight is 549 g/mol. The second-order valence-electron chi connectivity index (χ2n) is 9.44. The Kier molecular flexibility index (Phi) is 8.31. The van der Waals surface area contributed by atoms with Crippen molar-refractivity contribution in [2.45, 2.75) is 53.1 Å². The zero-order chi connectivity index (χ0) is 27.5. The van der Waals surface area contributed by atoms with Gasteiger partial charge in [0.2, 0.25) is 0 Å². The van der Waals surface area contributed by atoms with Gasteiger partial charge in [-0.1, -0.05) is 81.9 Å². The molecule has 3 rings (SSSR count). The second kappa shape index (κ2) is 10.8. The van der Waals surface area contributed by atoms with Crippen molar-refractivity contribution in [3.05, 3.63) is 103 Å². The minimum atomic E-state index is -5.65. The molecule has 0 bridgehead atoms. The number of hydrogen-bond acceptors (Lipinski definition) is 5. The monoisotopic (exact) mass is 548 g/mol. The minimum Gasteiger partial charge on any atom is -0.455 e. The third kappa shape index (κ3) is 5.95. The van der Waals surface area contributed by atoms with Crippen LogP contribution in [0.3, 0.4) is 0 Å². The van der Waals surface area contributed by atoms with Gasteiger partial charge in [-0.15, -0.1) is 0 Å². The van der Waals surface area contributed by atoms with Gasteiger partial charge in [-0.25, -0.2) is 8.42 Å². The molecule has 0 saturated carbocycles. The van der Waals surface area contributed by atoms with Crippen LogP contribution in [-0.2, 0) is 28.7 Å². The molecule has 5 nitrogen and oxygen atoms in total. The first-order valence-corrected chi connectivity index (χ1v) is 14.4. The molecule has 0 aliphatic carbocycles. The van der Waals surface area contributed by atoms with Crippen molar-refractivity contribution in [2.24, 2.45) is 0 Å². The summed E-state index contributed by atoms with van der Waals surface area (Å²) < 4.78 is 67.5. The van der Waals surface area contributed by atoms with E-state index >= 15 is 8.78 Å². The SMILES string of the molecule is C=C(C)C(=O)OCC(F)(F)S(=O)(=O)OS(c1ccccc1)(c1ccccc1)c1ccccc1C(C)(C)C. The summed E-state index contributed by atoms with van der Waals surface area (Å²) in [5, 5.41) is -4.53. The van der Waals surface area contributed by atoms with E-state index in [1.54, 1.807) is 72.8 Å². The summed E-state index contributed by atoms with van der Waals surface area (Å²) in [7, 11) is -8.92. The lowest BCUT2D eigenvalue weighted by Crippen LogP contribution is -2.37. The number of esters is 1. The first kappa shape index (κ1) is 28.6. The Morgan fingerprint density at radius 2 is 1.30 bits per heavy atom. The highest BCUT2D eigenvalue weighted by molar-refractivity contribution is 8.33. The molecular weight excluding hydrogens is 518 g/mol. The van der Waals surface area contributed by atoms with Gasteiger partial charge < -0.3 is 4.74 Å². The first-order valence-electron chi connectivity index (χ1n) is 11.4. The van der Waals surface area contributed by atoms with Gasteiger partial charge in [0, 0.05) is 20.3 Å². The molecule has 0 unspecified atom stereocenters. The summed E-state index contributed by atoms with van der Waals surface area (Å²) in [6, 6.07) is 24.0. The molecule has 0 fully saturated rings. The largest absolute Gasteiger partial charge is 0.455 e. The molecule has 0 N–H and O–H groups in total. The Morgan fingerprint density at radius 1 is 0.838 bits per heavy atom. The quantitative estimate of drug-likeness (QED) is 0.208. The predicted octanol–water partition coefficient (Wildman–Crippen LogP) is 7.24. The summed E-state index contributed by atoms with van der Waals surface area (Å²) >= 11 is 0. The van der Waals surface area contributed by atoms with Crippen molar-refractivity contribution in [1.82, 2.24) is 0 Å². The number of carbonyl (C=O) groups excluding carboxylic acids is 1. The van der Waals surface area contributed by atoms with Crippen LogP contribution in [0.5, 0.6) is 0 Å². The summed E-state index contributed by atoms with van der Waals surface area (Å²) in [6.45, 7) is 8.75. The second-order valence-corrected chi connectivity index (χ2v) is 14.0. The van der Waals surface area contributed by atoms with Crippen LogP contribution < -0.4 is 0 Å². The van der Waals surface area contributed by atoms with E-state index in [1.165, 1.54) is 6.92 Å². The maximum atomic E-state index is 15.2. The Balaban J connectivity index is 2.33. The number of benzene rings is 3. The van der Waals surface area contributed by atoms with Crippen LogP contribution in [-0.4, -0.2) is 26.2 Å². The molecule has 37 heavy (non-hydrogen) atoms. The molecule has 198 valence electrons. The smallest absolute Gasteiger partial charge is 0.403 e. The lowest BCUT2D eigenvalue weighted by molar-refractivity contribution is -0.144. The third-order valence-corrected chi connectivity index (χ3v) is 10.7. The molecule has 0 radical (unpaired) electrons. The number of rotatable bonds is 9. The Labute approximate surface area is 218 Å². The molecule has 9 heteroatoms. The first-order chi connectivity index (χ1) is 17.2. The van der Waals surface area contributed by atoms with Gasteiger partial charge in [-0.3, -0.25) is 0 Å². The third-order valence-electron chi connectivity index (χ3n) is 5.43. The topological polar surface area (TPSA) is 69.7 Å². The minimum absolute atomic E-state index is 0.137. The Morgan fingerprint density at radius 3 is 1.76 bits per heavy atom. The van der Waals surface area contributed by atoms with E-state index in [9.17, 15) is 13.2 Å². The molecule has 0 amide bonds. The summed E-state index contributed by atoms with van der Waals surface area (Å²) in [4.78, 5) is 13.0. The van der Waals surface area contributed by atoms with Gasteiger partial charge in [-0.05, 0) is 58.5 Å². The maximum absolute atomic E-state index is 15.2. The van der Waals surface area contributed by atoms with Gasteiger partial charge in [-0.2, -0.15) is 17.2 Å². The van der Waals surface area contributed by atoms with E-state index in [4.69, 9.17) is 3.63 Å². The van der Waals surface area contributed by atoms with Crippen molar-refractivity contribution in [3.63, 3.8) is 0 Å². The highest BCUT2D eigenvalue weighted by Crippen LogP contribution is 2.71. The number of halogens is 2. The number of hydrogen-bond donors (Lipinski definition) is 0. The van der Waals surface area contributed by atoms with Crippen LogP contribution >= 0.6 is 10.3 Å². The summed E-state index contributed by atoms with van der Waals surface area (Å²) in [5.41, 5.74) is 0.122. The number of alkyl halides is 2. The molecule has 3 aromatic rings. The molecule has 0 heterocycles. The molecule has 0 aliphatic heterocycles. The Bertz CT molecular complexity index is 1330. The molecule has 3 aromatic carbocycles. The van der Waals surface area contributed by atoms with Crippen molar-refractivity contribution in [1.29, 1.82) is 0 Å². The molecule has 0 spiro atoms. The average Bonchev–Trinajstić information content (AvgIpc) is 2.86. The Hall–Kier alpha value is -3.01. The zero-order valence-electron chi connectivity index (χ0n) is 21.1. The molecule has 0 aromatic heterocycles. The van der Waals surface area contributed by atoms with Gasteiger partial charge in [0.25, 0.3) is 0 Å². The van der Waals surface area contributed by atoms with E-state index in [-0.39, 0.29) is 5.57 Å². The molecule has 0 saturated heterocycles. The lowest BCUT2D eigenvalue weighted by atomic mass is 9.87. The van der Waals surface area contributed by atoms with E-state index in [0.29, 0.717) is 14.7 Å². The van der Waals surface area contributed by atoms with E-state index < -0.39 is 43.7 Å². The van der Waals surface area contributed by atoms with Gasteiger partial charge >= 0.3 is 21.3 Å². The van der Waals surface area contributed by atoms with Crippen LogP contribution in [0.2, 0.25) is 0 Å². The highest BCUT2D eigenvalue weighted by atomic mass is 32.3.